The van der Waals surface area contributed by atoms with Gasteiger partial charge in [-0.05, 0) is 128 Å². The van der Waals surface area contributed by atoms with Gasteiger partial charge in [0.2, 0.25) is 0 Å². The van der Waals surface area contributed by atoms with E-state index in [1.807, 2.05) is 0 Å². The molecule has 0 heteroatoms. The minimum absolute atomic E-state index is 1.24. The van der Waals surface area contributed by atoms with Crippen LogP contribution in [0.2, 0.25) is 0 Å². The Bertz CT molecular complexity index is 2890. The van der Waals surface area contributed by atoms with Crippen LogP contribution in [-0.4, -0.2) is 0 Å². The van der Waals surface area contributed by atoms with Crippen LogP contribution in [-0.2, 0) is 0 Å². The molecule has 0 amide bonds. The predicted octanol–water partition coefficient (Wildman–Crippen LogP) is 13.6. The minimum Gasteiger partial charge on any atom is -0.0616 e. The lowest BCUT2D eigenvalue weighted by Crippen LogP contribution is -1.89. The Morgan fingerprint density at radius 3 is 1.23 bits per heavy atom. The second kappa shape index (κ2) is 10.7. The molecule has 48 heavy (non-hydrogen) atoms. The van der Waals surface area contributed by atoms with Gasteiger partial charge in [0.1, 0.15) is 0 Å². The van der Waals surface area contributed by atoms with Crippen molar-refractivity contribution in [2.45, 2.75) is 0 Å². The van der Waals surface area contributed by atoms with E-state index in [0.29, 0.717) is 0 Å². The highest BCUT2D eigenvalue weighted by molar-refractivity contribution is 6.26. The standard InChI is InChI=1S/C48H30/c1-2-12-33-26-37(23-20-31(33)10-1)46-29-39-30-47(43-16-6-8-18-45(43)48(39)44-17-7-5-15-42(44)46)38-25-22-34-27-36(24-21-35(34)28-38)41-19-9-13-32-11-3-4-14-40(32)41/h1-30H. The quantitative estimate of drug-likeness (QED) is 0.176. The molecule has 0 fully saturated rings. The highest BCUT2D eigenvalue weighted by Gasteiger charge is 2.15. The number of rotatable bonds is 3. The van der Waals surface area contributed by atoms with Gasteiger partial charge in [-0.15, -0.1) is 0 Å². The number of benzene rings is 10. The fourth-order valence-electron chi connectivity index (χ4n) is 7.87. The molecule has 0 radical (unpaired) electrons. The number of fused-ring (bicyclic) bond motifs is 8. The van der Waals surface area contributed by atoms with E-state index in [1.165, 1.54) is 98.0 Å². The fourth-order valence-corrected chi connectivity index (χ4v) is 7.87. The molecule has 0 saturated heterocycles. The maximum atomic E-state index is 2.42. The number of hydrogen-bond acceptors (Lipinski definition) is 0. The summed E-state index contributed by atoms with van der Waals surface area (Å²) in [7, 11) is 0. The van der Waals surface area contributed by atoms with Crippen molar-refractivity contribution < 1.29 is 0 Å². The first-order valence-corrected chi connectivity index (χ1v) is 16.7. The Labute approximate surface area is 279 Å². The van der Waals surface area contributed by atoms with Crippen LogP contribution in [0, 0.1) is 0 Å². The summed E-state index contributed by atoms with van der Waals surface area (Å²) in [6.07, 6.45) is 0. The Kier molecular flexibility index (Phi) is 5.98. The zero-order chi connectivity index (χ0) is 31.6. The van der Waals surface area contributed by atoms with E-state index in [-0.39, 0.29) is 0 Å². The number of hydrogen-bond donors (Lipinski definition) is 0. The highest BCUT2D eigenvalue weighted by atomic mass is 14.2. The molecule has 0 heterocycles. The van der Waals surface area contributed by atoms with Crippen molar-refractivity contribution >= 4 is 64.6 Å². The first kappa shape index (κ1) is 26.9. The van der Waals surface area contributed by atoms with Crippen LogP contribution in [0.5, 0.6) is 0 Å². The smallest absolute Gasteiger partial charge is 0.00259 e. The molecule has 0 atom stereocenters. The molecule has 0 aromatic heterocycles. The van der Waals surface area contributed by atoms with Crippen molar-refractivity contribution in [3.05, 3.63) is 182 Å². The van der Waals surface area contributed by atoms with Crippen LogP contribution in [0.15, 0.2) is 182 Å². The van der Waals surface area contributed by atoms with Crippen molar-refractivity contribution in [3.8, 4) is 33.4 Å². The fraction of sp³-hybridized carbons (Fsp3) is 0. The van der Waals surface area contributed by atoms with Gasteiger partial charge in [0.15, 0.2) is 0 Å². The van der Waals surface area contributed by atoms with Gasteiger partial charge in [0.25, 0.3) is 0 Å². The molecule has 0 nitrogen and oxygen atoms in total. The van der Waals surface area contributed by atoms with Crippen molar-refractivity contribution in [2.75, 3.05) is 0 Å². The Morgan fingerprint density at radius 1 is 0.208 bits per heavy atom. The molecule has 222 valence electrons. The molecule has 10 aromatic rings. The monoisotopic (exact) mass is 606 g/mol. The molecular weight excluding hydrogens is 577 g/mol. The van der Waals surface area contributed by atoms with Crippen molar-refractivity contribution in [1.29, 1.82) is 0 Å². The van der Waals surface area contributed by atoms with E-state index in [1.54, 1.807) is 0 Å². The molecule has 0 aliphatic heterocycles. The van der Waals surface area contributed by atoms with Gasteiger partial charge in [-0.1, -0.05) is 152 Å². The highest BCUT2D eigenvalue weighted by Crippen LogP contribution is 2.43. The Morgan fingerprint density at radius 2 is 0.625 bits per heavy atom. The molecule has 10 aromatic carbocycles. The van der Waals surface area contributed by atoms with Crippen LogP contribution >= 0.6 is 0 Å². The van der Waals surface area contributed by atoms with Gasteiger partial charge in [-0.25, -0.2) is 0 Å². The van der Waals surface area contributed by atoms with Gasteiger partial charge in [0, 0.05) is 0 Å². The summed E-state index contributed by atoms with van der Waals surface area (Å²) in [5.74, 6) is 0. The van der Waals surface area contributed by atoms with E-state index >= 15 is 0 Å². The molecule has 0 spiro atoms. The lowest BCUT2D eigenvalue weighted by atomic mass is 9.87. The second-order valence-electron chi connectivity index (χ2n) is 12.9. The SMILES string of the molecule is c1ccc2cc(-c3cc4cc(-c5ccc6cc(-c7cccc8ccccc78)ccc6c5)c5ccccc5c4c4ccccc34)ccc2c1. The maximum Gasteiger partial charge on any atom is -0.00259 e. The Balaban J connectivity index is 1.18. The second-order valence-corrected chi connectivity index (χ2v) is 12.9. The van der Waals surface area contributed by atoms with E-state index in [0.717, 1.165) is 0 Å². The van der Waals surface area contributed by atoms with Gasteiger partial charge >= 0.3 is 0 Å². The molecule has 0 aliphatic carbocycles. The minimum atomic E-state index is 1.24. The summed E-state index contributed by atoms with van der Waals surface area (Å²) in [5.41, 5.74) is 7.53. The molecule has 0 aliphatic rings. The van der Waals surface area contributed by atoms with Crippen LogP contribution < -0.4 is 0 Å². The zero-order valence-electron chi connectivity index (χ0n) is 26.3. The summed E-state index contributed by atoms with van der Waals surface area (Å²) in [6.45, 7) is 0. The third kappa shape index (κ3) is 4.24. The average molecular weight is 607 g/mol. The van der Waals surface area contributed by atoms with Gasteiger partial charge in [-0.3, -0.25) is 0 Å². The van der Waals surface area contributed by atoms with Crippen LogP contribution in [0.25, 0.3) is 98.0 Å². The van der Waals surface area contributed by atoms with Crippen LogP contribution in [0.3, 0.4) is 0 Å². The summed E-state index contributed by atoms with van der Waals surface area (Å²) < 4.78 is 0. The molecule has 0 unspecified atom stereocenters. The summed E-state index contributed by atoms with van der Waals surface area (Å²) in [6, 6.07) is 67.2. The molecule has 0 saturated carbocycles. The van der Waals surface area contributed by atoms with Crippen molar-refractivity contribution in [2.24, 2.45) is 0 Å². The summed E-state index contributed by atoms with van der Waals surface area (Å²) >= 11 is 0. The third-order valence-corrected chi connectivity index (χ3v) is 10.2. The van der Waals surface area contributed by atoms with E-state index in [2.05, 4.69) is 182 Å². The molecular formula is C48H30. The predicted molar refractivity (Wildman–Crippen MR) is 208 cm³/mol. The van der Waals surface area contributed by atoms with Crippen LogP contribution in [0.4, 0.5) is 0 Å². The molecule has 10 rings (SSSR count). The van der Waals surface area contributed by atoms with Gasteiger partial charge in [0.05, 0.1) is 0 Å². The van der Waals surface area contributed by atoms with Crippen molar-refractivity contribution in [3.63, 3.8) is 0 Å². The Hall–Kier alpha value is -6.24. The molecule has 0 N–H and O–H groups in total. The molecule has 0 bridgehead atoms. The lowest BCUT2D eigenvalue weighted by molar-refractivity contribution is 1.67. The largest absolute Gasteiger partial charge is 0.0616 e. The maximum absolute atomic E-state index is 2.42. The topological polar surface area (TPSA) is 0 Å². The van der Waals surface area contributed by atoms with E-state index in [9.17, 15) is 0 Å². The average Bonchev–Trinajstić information content (AvgIpc) is 3.16. The normalized spacial score (nSPS) is 11.8. The summed E-state index contributed by atoms with van der Waals surface area (Å²) in [5, 5.41) is 15.3. The van der Waals surface area contributed by atoms with Gasteiger partial charge < -0.3 is 0 Å². The zero-order valence-corrected chi connectivity index (χ0v) is 26.3. The first-order valence-electron chi connectivity index (χ1n) is 16.7. The van der Waals surface area contributed by atoms with E-state index < -0.39 is 0 Å². The lowest BCUT2D eigenvalue weighted by Gasteiger charge is -2.17. The van der Waals surface area contributed by atoms with E-state index in [4.69, 9.17) is 0 Å². The third-order valence-electron chi connectivity index (χ3n) is 10.2. The first-order chi connectivity index (χ1) is 23.8. The summed E-state index contributed by atoms with van der Waals surface area (Å²) in [4.78, 5) is 0. The van der Waals surface area contributed by atoms with Gasteiger partial charge in [-0.2, -0.15) is 0 Å². The van der Waals surface area contributed by atoms with Crippen LogP contribution in [0.1, 0.15) is 0 Å². The van der Waals surface area contributed by atoms with Crippen molar-refractivity contribution in [1.82, 2.24) is 0 Å².